The van der Waals surface area contributed by atoms with E-state index >= 15 is 0 Å². The molecule has 0 amide bonds. The summed E-state index contributed by atoms with van der Waals surface area (Å²) in [6, 6.07) is 6.09. The summed E-state index contributed by atoms with van der Waals surface area (Å²) in [5.41, 5.74) is 1.90. The van der Waals surface area contributed by atoms with Crippen LogP contribution in [0.3, 0.4) is 0 Å². The van der Waals surface area contributed by atoms with Gasteiger partial charge in [-0.1, -0.05) is 13.0 Å². The van der Waals surface area contributed by atoms with Gasteiger partial charge < -0.3 is 20.4 Å². The molecule has 106 valence electrons. The van der Waals surface area contributed by atoms with Crippen LogP contribution in [-0.2, 0) is 0 Å². The quantitative estimate of drug-likeness (QED) is 0.777. The Labute approximate surface area is 115 Å². The van der Waals surface area contributed by atoms with Crippen LogP contribution < -0.4 is 10.2 Å². The minimum absolute atomic E-state index is 0.125. The Bertz CT molecular complexity index is 436. The van der Waals surface area contributed by atoms with Gasteiger partial charge in [0.05, 0.1) is 12.6 Å². The molecule has 1 aromatic rings. The molecule has 0 aromatic heterocycles. The van der Waals surface area contributed by atoms with Gasteiger partial charge in [-0.25, -0.2) is 0 Å². The third-order valence-corrected chi connectivity index (χ3v) is 4.31. The first kappa shape index (κ1) is 14.2. The fourth-order valence-electron chi connectivity index (χ4n) is 2.84. The van der Waals surface area contributed by atoms with Crippen molar-refractivity contribution >= 4 is 5.69 Å². The molecule has 1 fully saturated rings. The number of aromatic hydroxyl groups is 1. The zero-order valence-corrected chi connectivity index (χ0v) is 11.9. The van der Waals surface area contributed by atoms with Gasteiger partial charge in [0, 0.05) is 29.9 Å². The number of anilines is 1. The van der Waals surface area contributed by atoms with E-state index in [-0.39, 0.29) is 18.7 Å². The molecular weight excluding hydrogens is 240 g/mol. The highest BCUT2D eigenvalue weighted by atomic mass is 16.3. The Morgan fingerprint density at radius 3 is 2.79 bits per heavy atom. The fraction of sp³-hybridized carbons (Fsp3) is 0.600. The molecule has 3 unspecified atom stereocenters. The van der Waals surface area contributed by atoms with Gasteiger partial charge in [-0.3, -0.25) is 0 Å². The van der Waals surface area contributed by atoms with E-state index in [1.54, 1.807) is 0 Å². The molecule has 1 aromatic carbocycles. The minimum atomic E-state index is 0.125. The number of hydrogen-bond acceptors (Lipinski definition) is 4. The smallest absolute Gasteiger partial charge is 0.122 e. The van der Waals surface area contributed by atoms with Crippen LogP contribution in [0.1, 0.15) is 31.9 Å². The molecule has 19 heavy (non-hydrogen) atoms. The second-order valence-corrected chi connectivity index (χ2v) is 5.46. The van der Waals surface area contributed by atoms with E-state index < -0.39 is 0 Å². The van der Waals surface area contributed by atoms with Crippen molar-refractivity contribution in [1.29, 1.82) is 0 Å². The Balaban J connectivity index is 2.25. The maximum atomic E-state index is 10.1. The number of rotatable bonds is 4. The molecule has 1 aliphatic heterocycles. The maximum Gasteiger partial charge on any atom is 0.122 e. The normalized spacial score (nSPS) is 24.7. The van der Waals surface area contributed by atoms with Crippen molar-refractivity contribution in [2.75, 3.05) is 25.1 Å². The van der Waals surface area contributed by atoms with Gasteiger partial charge in [0.2, 0.25) is 0 Å². The highest BCUT2D eigenvalue weighted by Crippen LogP contribution is 2.34. The summed E-state index contributed by atoms with van der Waals surface area (Å²) in [5.74, 6) is 0.804. The van der Waals surface area contributed by atoms with E-state index in [1.807, 2.05) is 32.2 Å². The monoisotopic (exact) mass is 264 g/mol. The van der Waals surface area contributed by atoms with Gasteiger partial charge in [0.25, 0.3) is 0 Å². The third kappa shape index (κ3) is 2.69. The van der Waals surface area contributed by atoms with Crippen molar-refractivity contribution in [3.8, 4) is 5.75 Å². The summed E-state index contributed by atoms with van der Waals surface area (Å²) >= 11 is 0. The van der Waals surface area contributed by atoms with Crippen LogP contribution >= 0.6 is 0 Å². The van der Waals surface area contributed by atoms with Gasteiger partial charge in [0.15, 0.2) is 0 Å². The van der Waals surface area contributed by atoms with Crippen LogP contribution in [0, 0.1) is 5.92 Å². The summed E-state index contributed by atoms with van der Waals surface area (Å²) in [7, 11) is 1.88. The lowest BCUT2D eigenvalue weighted by molar-refractivity contribution is 0.244. The highest BCUT2D eigenvalue weighted by molar-refractivity contribution is 5.55. The van der Waals surface area contributed by atoms with E-state index in [4.69, 9.17) is 0 Å². The summed E-state index contributed by atoms with van der Waals surface area (Å²) in [4.78, 5) is 2.19. The van der Waals surface area contributed by atoms with Crippen molar-refractivity contribution in [1.82, 2.24) is 5.32 Å². The Kier molecular flexibility index (Phi) is 4.32. The Morgan fingerprint density at radius 2 is 2.21 bits per heavy atom. The van der Waals surface area contributed by atoms with Crippen molar-refractivity contribution in [3.05, 3.63) is 23.8 Å². The number of benzene rings is 1. The standard InChI is InChI=1S/C15H24N2O2/c1-10-6-7-17(14(10)9-18)12-4-5-13(11(2)16-3)15(19)8-12/h4-5,8,10-11,14,16,18-19H,6-7,9H2,1-3H3. The highest BCUT2D eigenvalue weighted by Gasteiger charge is 2.30. The van der Waals surface area contributed by atoms with Crippen molar-refractivity contribution in [2.45, 2.75) is 32.4 Å². The van der Waals surface area contributed by atoms with E-state index in [0.29, 0.717) is 11.7 Å². The van der Waals surface area contributed by atoms with E-state index in [1.165, 1.54) is 0 Å². The summed E-state index contributed by atoms with van der Waals surface area (Å²) < 4.78 is 0. The van der Waals surface area contributed by atoms with Gasteiger partial charge in [-0.05, 0) is 32.4 Å². The molecule has 0 spiro atoms. The number of aliphatic hydroxyl groups excluding tert-OH is 1. The van der Waals surface area contributed by atoms with Crippen molar-refractivity contribution < 1.29 is 10.2 Å². The first-order chi connectivity index (χ1) is 9.08. The third-order valence-electron chi connectivity index (χ3n) is 4.31. The van der Waals surface area contributed by atoms with Crippen molar-refractivity contribution in [2.24, 2.45) is 5.92 Å². The molecule has 3 atom stereocenters. The van der Waals surface area contributed by atoms with E-state index in [0.717, 1.165) is 24.2 Å². The molecule has 0 bridgehead atoms. The summed E-state index contributed by atoms with van der Waals surface area (Å²) in [6.07, 6.45) is 1.08. The molecular formula is C15H24N2O2. The van der Waals surface area contributed by atoms with Crippen LogP contribution in [0.15, 0.2) is 18.2 Å². The van der Waals surface area contributed by atoms with Crippen molar-refractivity contribution in [3.63, 3.8) is 0 Å². The minimum Gasteiger partial charge on any atom is -0.508 e. The second-order valence-electron chi connectivity index (χ2n) is 5.46. The zero-order valence-electron chi connectivity index (χ0n) is 11.9. The number of phenols is 1. The second kappa shape index (κ2) is 5.80. The first-order valence-electron chi connectivity index (χ1n) is 6.96. The number of phenolic OH excluding ortho intramolecular Hbond substituents is 1. The molecule has 0 saturated carbocycles. The average molecular weight is 264 g/mol. The van der Waals surface area contributed by atoms with Crippen LogP contribution in [0.2, 0.25) is 0 Å². The Morgan fingerprint density at radius 1 is 1.47 bits per heavy atom. The van der Waals surface area contributed by atoms with Crippen LogP contribution in [0.5, 0.6) is 5.75 Å². The van der Waals surface area contributed by atoms with E-state index in [9.17, 15) is 10.2 Å². The molecule has 4 heteroatoms. The average Bonchev–Trinajstić information content (AvgIpc) is 2.78. The number of nitrogens with zero attached hydrogens (tertiary/aromatic N) is 1. The maximum absolute atomic E-state index is 10.1. The topological polar surface area (TPSA) is 55.7 Å². The lowest BCUT2D eigenvalue weighted by Crippen LogP contribution is -2.35. The molecule has 2 rings (SSSR count). The van der Waals surface area contributed by atoms with Gasteiger partial charge in [0.1, 0.15) is 5.75 Å². The zero-order chi connectivity index (χ0) is 14.0. The Hall–Kier alpha value is -1.26. The largest absolute Gasteiger partial charge is 0.508 e. The number of hydrogen-bond donors (Lipinski definition) is 3. The molecule has 1 heterocycles. The van der Waals surface area contributed by atoms with Crippen LogP contribution in [0.25, 0.3) is 0 Å². The molecule has 4 nitrogen and oxygen atoms in total. The fourth-order valence-corrected chi connectivity index (χ4v) is 2.84. The molecule has 3 N–H and O–H groups in total. The van der Waals surface area contributed by atoms with Crippen LogP contribution in [0.4, 0.5) is 5.69 Å². The lowest BCUT2D eigenvalue weighted by Gasteiger charge is -2.28. The number of aliphatic hydroxyl groups is 1. The SMILES string of the molecule is CNC(C)c1ccc(N2CCC(C)C2CO)cc1O. The van der Waals surface area contributed by atoms with Gasteiger partial charge >= 0.3 is 0 Å². The molecule has 0 radical (unpaired) electrons. The molecule has 0 aliphatic carbocycles. The summed E-state index contributed by atoms with van der Waals surface area (Å²) in [6.45, 7) is 5.28. The molecule has 1 saturated heterocycles. The summed E-state index contributed by atoms with van der Waals surface area (Å²) in [5, 5.41) is 22.8. The van der Waals surface area contributed by atoms with Gasteiger partial charge in [-0.2, -0.15) is 0 Å². The number of nitrogens with one attached hydrogen (secondary N) is 1. The first-order valence-corrected chi connectivity index (χ1v) is 6.96. The van der Waals surface area contributed by atoms with Gasteiger partial charge in [-0.15, -0.1) is 0 Å². The van der Waals surface area contributed by atoms with E-state index in [2.05, 4.69) is 17.1 Å². The lowest BCUT2D eigenvalue weighted by atomic mass is 10.0. The molecule has 1 aliphatic rings. The predicted molar refractivity (Wildman–Crippen MR) is 77.6 cm³/mol. The predicted octanol–water partition coefficient (Wildman–Crippen LogP) is 1.88. The van der Waals surface area contributed by atoms with Crippen LogP contribution in [-0.4, -0.2) is 36.5 Å².